The van der Waals surface area contributed by atoms with Gasteiger partial charge in [0.05, 0.1) is 6.54 Å². The summed E-state index contributed by atoms with van der Waals surface area (Å²) in [4.78, 5) is 0.125. The standard InChI is InChI=1S/C14H23BrN2O3S/c1-10-3-2-4-11(7-10)5-6-17-21(18,19)13-8-12(9-16)20-14(13)15/h8,10-11,17H,2-7,9,16H2,1H3. The van der Waals surface area contributed by atoms with Crippen molar-refractivity contribution in [2.45, 2.75) is 50.5 Å². The van der Waals surface area contributed by atoms with Gasteiger partial charge in [-0.15, -0.1) is 0 Å². The van der Waals surface area contributed by atoms with E-state index in [1.165, 1.54) is 31.7 Å². The molecule has 3 N–H and O–H groups in total. The fourth-order valence-electron chi connectivity index (χ4n) is 2.98. The SMILES string of the molecule is CC1CCCC(CCNS(=O)(=O)c2cc(CN)oc2Br)C1. The van der Waals surface area contributed by atoms with E-state index in [9.17, 15) is 8.42 Å². The van der Waals surface area contributed by atoms with Crippen molar-refractivity contribution in [3.63, 3.8) is 0 Å². The van der Waals surface area contributed by atoms with Gasteiger partial charge in [0.25, 0.3) is 0 Å². The second kappa shape index (κ2) is 7.26. The van der Waals surface area contributed by atoms with Gasteiger partial charge in [-0.05, 0) is 40.6 Å². The summed E-state index contributed by atoms with van der Waals surface area (Å²) in [5.41, 5.74) is 5.46. The second-order valence-corrected chi connectivity index (χ2v) is 8.33. The highest BCUT2D eigenvalue weighted by Gasteiger charge is 2.23. The van der Waals surface area contributed by atoms with E-state index < -0.39 is 10.0 Å². The lowest BCUT2D eigenvalue weighted by molar-refractivity contribution is 0.271. The maximum absolute atomic E-state index is 12.2. The number of nitrogens with two attached hydrogens (primary N) is 1. The zero-order chi connectivity index (χ0) is 15.5. The topological polar surface area (TPSA) is 85.3 Å². The van der Waals surface area contributed by atoms with Crippen molar-refractivity contribution in [1.29, 1.82) is 0 Å². The summed E-state index contributed by atoms with van der Waals surface area (Å²) in [6.07, 6.45) is 5.85. The van der Waals surface area contributed by atoms with Crippen LogP contribution in [0.3, 0.4) is 0 Å². The Bertz CT molecular complexity index is 571. The van der Waals surface area contributed by atoms with E-state index >= 15 is 0 Å². The van der Waals surface area contributed by atoms with Crippen molar-refractivity contribution in [1.82, 2.24) is 4.72 Å². The molecule has 1 fully saturated rings. The molecule has 0 radical (unpaired) electrons. The lowest BCUT2D eigenvalue weighted by Crippen LogP contribution is -2.27. The van der Waals surface area contributed by atoms with Gasteiger partial charge in [0.1, 0.15) is 10.7 Å². The Hall–Kier alpha value is -0.370. The lowest BCUT2D eigenvalue weighted by atomic mass is 9.81. The molecule has 7 heteroatoms. The maximum Gasteiger partial charge on any atom is 0.244 e. The predicted molar refractivity (Wildman–Crippen MR) is 85.2 cm³/mol. The van der Waals surface area contributed by atoms with Crippen molar-refractivity contribution >= 4 is 26.0 Å². The van der Waals surface area contributed by atoms with E-state index in [1.54, 1.807) is 0 Å². The van der Waals surface area contributed by atoms with Gasteiger partial charge in [-0.25, -0.2) is 13.1 Å². The molecular formula is C14H23BrN2O3S. The molecule has 1 saturated carbocycles. The molecule has 1 aliphatic carbocycles. The molecule has 21 heavy (non-hydrogen) atoms. The van der Waals surface area contributed by atoms with E-state index in [4.69, 9.17) is 10.2 Å². The Morgan fingerprint density at radius 2 is 2.24 bits per heavy atom. The average Bonchev–Trinajstić information content (AvgIpc) is 2.81. The van der Waals surface area contributed by atoms with E-state index in [0.717, 1.165) is 12.3 Å². The van der Waals surface area contributed by atoms with Gasteiger partial charge >= 0.3 is 0 Å². The summed E-state index contributed by atoms with van der Waals surface area (Å²) in [5.74, 6) is 1.84. The number of furan rings is 1. The maximum atomic E-state index is 12.2. The fourth-order valence-corrected chi connectivity index (χ4v) is 5.02. The van der Waals surface area contributed by atoms with E-state index in [2.05, 4.69) is 27.6 Å². The molecule has 1 aromatic heterocycles. The summed E-state index contributed by atoms with van der Waals surface area (Å²) in [7, 11) is -3.54. The molecule has 0 aromatic carbocycles. The normalized spacial score (nSPS) is 23.4. The van der Waals surface area contributed by atoms with Crippen molar-refractivity contribution < 1.29 is 12.8 Å². The van der Waals surface area contributed by atoms with E-state index in [-0.39, 0.29) is 16.1 Å². The van der Waals surface area contributed by atoms with Crippen LogP contribution in [0.25, 0.3) is 0 Å². The van der Waals surface area contributed by atoms with Gasteiger partial charge in [0.2, 0.25) is 10.0 Å². The first-order chi connectivity index (χ1) is 9.92. The smallest absolute Gasteiger partial charge is 0.244 e. The summed E-state index contributed by atoms with van der Waals surface area (Å²) in [6, 6.07) is 1.47. The van der Waals surface area contributed by atoms with E-state index in [1.807, 2.05) is 0 Å². The highest BCUT2D eigenvalue weighted by Crippen LogP contribution is 2.30. The molecule has 5 nitrogen and oxygen atoms in total. The Kier molecular flexibility index (Phi) is 5.88. The van der Waals surface area contributed by atoms with Gasteiger partial charge in [-0.2, -0.15) is 0 Å². The van der Waals surface area contributed by atoms with Gasteiger partial charge < -0.3 is 10.2 Å². The minimum Gasteiger partial charge on any atom is -0.452 e. The molecule has 120 valence electrons. The van der Waals surface area contributed by atoms with Crippen LogP contribution in [-0.4, -0.2) is 15.0 Å². The molecule has 0 spiro atoms. The van der Waals surface area contributed by atoms with Crippen LogP contribution in [0.5, 0.6) is 0 Å². The molecule has 2 rings (SSSR count). The second-order valence-electron chi connectivity index (χ2n) is 5.88. The molecule has 2 unspecified atom stereocenters. The van der Waals surface area contributed by atoms with Crippen LogP contribution in [0.15, 0.2) is 20.0 Å². The molecule has 2 atom stereocenters. The van der Waals surface area contributed by atoms with Gasteiger partial charge in [0.15, 0.2) is 4.67 Å². The Morgan fingerprint density at radius 1 is 1.48 bits per heavy atom. The third kappa shape index (κ3) is 4.55. The number of sulfonamides is 1. The lowest BCUT2D eigenvalue weighted by Gasteiger charge is -2.26. The largest absolute Gasteiger partial charge is 0.452 e. The minimum absolute atomic E-state index is 0.125. The summed E-state index contributed by atoms with van der Waals surface area (Å²) in [6.45, 7) is 2.91. The Morgan fingerprint density at radius 3 is 2.86 bits per heavy atom. The third-order valence-electron chi connectivity index (χ3n) is 4.09. The minimum atomic E-state index is -3.54. The summed E-state index contributed by atoms with van der Waals surface area (Å²) in [5, 5.41) is 0. The first kappa shape index (κ1) is 17.0. The van der Waals surface area contributed by atoms with Crippen LogP contribution < -0.4 is 10.5 Å². The molecular weight excluding hydrogens is 356 g/mol. The zero-order valence-corrected chi connectivity index (χ0v) is 14.7. The first-order valence-electron chi connectivity index (χ1n) is 7.40. The van der Waals surface area contributed by atoms with Crippen LogP contribution in [0.1, 0.15) is 44.8 Å². The average molecular weight is 379 g/mol. The van der Waals surface area contributed by atoms with Crippen molar-refractivity contribution in [3.05, 3.63) is 16.5 Å². The Balaban J connectivity index is 1.90. The molecule has 0 bridgehead atoms. The van der Waals surface area contributed by atoms with Crippen molar-refractivity contribution in [2.24, 2.45) is 17.6 Å². The molecule has 1 aliphatic rings. The summed E-state index contributed by atoms with van der Waals surface area (Å²) >= 11 is 3.13. The van der Waals surface area contributed by atoms with Gasteiger partial charge in [-0.3, -0.25) is 0 Å². The van der Waals surface area contributed by atoms with Gasteiger partial charge in [-0.1, -0.05) is 26.2 Å². The van der Waals surface area contributed by atoms with E-state index in [0.29, 0.717) is 18.2 Å². The monoisotopic (exact) mass is 378 g/mol. The zero-order valence-electron chi connectivity index (χ0n) is 12.3. The van der Waals surface area contributed by atoms with Gasteiger partial charge in [0, 0.05) is 12.6 Å². The number of hydrogen-bond acceptors (Lipinski definition) is 4. The van der Waals surface area contributed by atoms with Crippen molar-refractivity contribution in [3.8, 4) is 0 Å². The van der Waals surface area contributed by atoms with Crippen LogP contribution in [0.2, 0.25) is 0 Å². The first-order valence-corrected chi connectivity index (χ1v) is 9.68. The number of halogens is 1. The quantitative estimate of drug-likeness (QED) is 0.796. The molecule has 0 saturated heterocycles. The third-order valence-corrected chi connectivity index (χ3v) is 6.40. The number of rotatable bonds is 6. The molecule has 1 aromatic rings. The number of nitrogens with one attached hydrogen (secondary N) is 1. The van der Waals surface area contributed by atoms with Crippen LogP contribution in [-0.2, 0) is 16.6 Å². The highest BCUT2D eigenvalue weighted by molar-refractivity contribution is 9.10. The summed E-state index contributed by atoms with van der Waals surface area (Å²) < 4.78 is 32.6. The molecule has 1 heterocycles. The van der Waals surface area contributed by atoms with Crippen LogP contribution in [0.4, 0.5) is 0 Å². The fraction of sp³-hybridized carbons (Fsp3) is 0.714. The molecule has 0 aliphatic heterocycles. The highest BCUT2D eigenvalue weighted by atomic mass is 79.9. The van der Waals surface area contributed by atoms with Crippen LogP contribution in [0, 0.1) is 11.8 Å². The number of hydrogen-bond donors (Lipinski definition) is 2. The molecule has 0 amide bonds. The van der Waals surface area contributed by atoms with Crippen LogP contribution >= 0.6 is 15.9 Å². The predicted octanol–water partition coefficient (Wildman–Crippen LogP) is 3.00. The Labute approximate surface area is 134 Å². The van der Waals surface area contributed by atoms with Crippen molar-refractivity contribution in [2.75, 3.05) is 6.54 Å².